The van der Waals surface area contributed by atoms with Crippen molar-refractivity contribution in [2.75, 3.05) is 5.73 Å². The highest BCUT2D eigenvalue weighted by Gasteiger charge is 2.11. The van der Waals surface area contributed by atoms with E-state index in [0.29, 0.717) is 24.2 Å². The fraction of sp³-hybridized carbons (Fsp3) is 0.0909. The van der Waals surface area contributed by atoms with Crippen LogP contribution in [0.25, 0.3) is 16.6 Å². The summed E-state index contributed by atoms with van der Waals surface area (Å²) < 4.78 is 1.65. The molecule has 0 aliphatic carbocycles. The lowest BCUT2D eigenvalue weighted by atomic mass is 9.99. The predicted octanol–water partition coefficient (Wildman–Crippen LogP) is 3.20. The average Bonchev–Trinajstić information content (AvgIpc) is 3.10. The maximum absolute atomic E-state index is 12.4. The minimum absolute atomic E-state index is 0.106. The van der Waals surface area contributed by atoms with Gasteiger partial charge in [0.05, 0.1) is 11.6 Å². The number of benzene rings is 2. The summed E-state index contributed by atoms with van der Waals surface area (Å²) in [5.74, 6) is 0.489. The first-order chi connectivity index (χ1) is 13.6. The number of rotatable bonds is 5. The first-order valence-corrected chi connectivity index (χ1v) is 8.83. The number of carbonyl (C=O) groups excluding carboxylic acids is 1. The van der Waals surface area contributed by atoms with Gasteiger partial charge in [0.1, 0.15) is 11.3 Å². The van der Waals surface area contributed by atoms with Gasteiger partial charge in [-0.3, -0.25) is 4.79 Å². The molecule has 2 aromatic heterocycles. The molecule has 0 amide bonds. The van der Waals surface area contributed by atoms with Crippen molar-refractivity contribution < 1.29 is 4.79 Å². The zero-order chi connectivity index (χ0) is 19.5. The number of hydrogen-bond acceptors (Lipinski definition) is 5. The highest BCUT2D eigenvalue weighted by atomic mass is 16.1. The zero-order valence-electron chi connectivity index (χ0n) is 15.0. The molecule has 0 atom stereocenters. The van der Waals surface area contributed by atoms with Gasteiger partial charge in [-0.2, -0.15) is 5.26 Å². The number of Topliss-reactive ketones (excluding diaryl/α,β-unsaturated/α-hetero) is 1. The molecule has 4 rings (SSSR count). The summed E-state index contributed by atoms with van der Waals surface area (Å²) in [7, 11) is 0. The second-order valence-corrected chi connectivity index (χ2v) is 6.59. The molecule has 0 bridgehead atoms. The highest BCUT2D eigenvalue weighted by Crippen LogP contribution is 2.27. The van der Waals surface area contributed by atoms with E-state index in [1.54, 1.807) is 28.9 Å². The predicted molar refractivity (Wildman–Crippen MR) is 106 cm³/mol. The van der Waals surface area contributed by atoms with Crippen molar-refractivity contribution in [3.8, 4) is 17.2 Å². The van der Waals surface area contributed by atoms with Crippen LogP contribution in [0.4, 0.5) is 5.82 Å². The van der Waals surface area contributed by atoms with Crippen molar-refractivity contribution in [2.45, 2.75) is 12.8 Å². The second kappa shape index (κ2) is 7.33. The SMILES string of the molecule is N#Cc1cccc(CC(=O)Cc2ccc(-c3cccn4nnc(N)c34)cc2)c1. The van der Waals surface area contributed by atoms with Crippen LogP contribution < -0.4 is 5.73 Å². The maximum Gasteiger partial charge on any atom is 0.174 e. The number of nitrogens with zero attached hydrogens (tertiary/aromatic N) is 4. The Morgan fingerprint density at radius 1 is 1.04 bits per heavy atom. The fourth-order valence-electron chi connectivity index (χ4n) is 3.28. The molecule has 0 saturated carbocycles. The lowest BCUT2D eigenvalue weighted by molar-refractivity contribution is -0.117. The number of aromatic nitrogens is 3. The number of nitrogen functional groups attached to an aromatic ring is 1. The molecule has 2 heterocycles. The summed E-state index contributed by atoms with van der Waals surface area (Å²) >= 11 is 0. The average molecular weight is 367 g/mol. The van der Waals surface area contributed by atoms with Gasteiger partial charge in [0.2, 0.25) is 0 Å². The van der Waals surface area contributed by atoms with Crippen molar-refractivity contribution in [3.63, 3.8) is 0 Å². The number of nitriles is 1. The second-order valence-electron chi connectivity index (χ2n) is 6.59. The summed E-state index contributed by atoms with van der Waals surface area (Å²) in [4.78, 5) is 12.4. The summed E-state index contributed by atoms with van der Waals surface area (Å²) in [5, 5.41) is 16.9. The van der Waals surface area contributed by atoms with Crippen LogP contribution in [0.15, 0.2) is 66.9 Å². The van der Waals surface area contributed by atoms with E-state index >= 15 is 0 Å². The van der Waals surface area contributed by atoms with Gasteiger partial charge < -0.3 is 5.73 Å². The van der Waals surface area contributed by atoms with Crippen LogP contribution in [-0.4, -0.2) is 20.6 Å². The number of pyridine rings is 1. The van der Waals surface area contributed by atoms with Crippen molar-refractivity contribution in [2.24, 2.45) is 0 Å². The molecule has 4 aromatic rings. The topological polar surface area (TPSA) is 97.1 Å². The summed E-state index contributed by atoms with van der Waals surface area (Å²) in [5.41, 5.74) is 11.0. The summed E-state index contributed by atoms with van der Waals surface area (Å²) in [6.07, 6.45) is 2.46. The normalized spacial score (nSPS) is 10.7. The Bertz CT molecular complexity index is 1200. The van der Waals surface area contributed by atoms with Gasteiger partial charge in [0.15, 0.2) is 5.82 Å². The molecule has 136 valence electrons. The third kappa shape index (κ3) is 3.46. The minimum atomic E-state index is 0.106. The number of nitrogens with two attached hydrogens (primary N) is 1. The zero-order valence-corrected chi connectivity index (χ0v) is 15.0. The van der Waals surface area contributed by atoms with Gasteiger partial charge in [0.25, 0.3) is 0 Å². The van der Waals surface area contributed by atoms with E-state index in [9.17, 15) is 4.79 Å². The smallest absolute Gasteiger partial charge is 0.174 e. The van der Waals surface area contributed by atoms with E-state index in [2.05, 4.69) is 16.4 Å². The van der Waals surface area contributed by atoms with E-state index in [0.717, 1.165) is 27.8 Å². The molecule has 0 unspecified atom stereocenters. The van der Waals surface area contributed by atoms with Gasteiger partial charge in [0, 0.05) is 24.6 Å². The molecular weight excluding hydrogens is 350 g/mol. The number of ketones is 1. The van der Waals surface area contributed by atoms with Crippen LogP contribution >= 0.6 is 0 Å². The summed E-state index contributed by atoms with van der Waals surface area (Å²) in [6, 6.07) is 21.0. The lowest BCUT2D eigenvalue weighted by Crippen LogP contribution is -2.06. The molecule has 0 spiro atoms. The molecule has 0 radical (unpaired) electrons. The molecule has 2 aromatic carbocycles. The largest absolute Gasteiger partial charge is 0.380 e. The number of hydrogen-bond donors (Lipinski definition) is 1. The fourth-order valence-corrected chi connectivity index (χ4v) is 3.28. The molecule has 0 saturated heterocycles. The van der Waals surface area contributed by atoms with Crippen molar-refractivity contribution in [1.29, 1.82) is 5.26 Å². The Morgan fingerprint density at radius 2 is 1.82 bits per heavy atom. The van der Waals surface area contributed by atoms with Crippen LogP contribution in [0.3, 0.4) is 0 Å². The van der Waals surface area contributed by atoms with Crippen LogP contribution in [0, 0.1) is 11.3 Å². The summed E-state index contributed by atoms with van der Waals surface area (Å²) in [6.45, 7) is 0. The van der Waals surface area contributed by atoms with Crippen LogP contribution in [0.5, 0.6) is 0 Å². The quantitative estimate of drug-likeness (QED) is 0.584. The first kappa shape index (κ1) is 17.4. The Labute approximate surface area is 161 Å². The minimum Gasteiger partial charge on any atom is -0.380 e. The highest BCUT2D eigenvalue weighted by molar-refractivity contribution is 5.87. The van der Waals surface area contributed by atoms with Gasteiger partial charge in [-0.15, -0.1) is 5.10 Å². The molecule has 2 N–H and O–H groups in total. The molecule has 0 fully saturated rings. The van der Waals surface area contributed by atoms with Crippen LogP contribution in [-0.2, 0) is 17.6 Å². The molecular formula is C22H17N5O. The van der Waals surface area contributed by atoms with Gasteiger partial charge in [-0.25, -0.2) is 4.52 Å². The van der Waals surface area contributed by atoms with E-state index < -0.39 is 0 Å². The van der Waals surface area contributed by atoms with Gasteiger partial charge in [-0.1, -0.05) is 47.7 Å². The van der Waals surface area contributed by atoms with Crippen molar-refractivity contribution in [3.05, 3.63) is 83.6 Å². The number of fused-ring (bicyclic) bond motifs is 1. The Balaban J connectivity index is 1.51. The molecule has 6 nitrogen and oxygen atoms in total. The first-order valence-electron chi connectivity index (χ1n) is 8.83. The maximum atomic E-state index is 12.4. The lowest BCUT2D eigenvalue weighted by Gasteiger charge is -2.07. The third-order valence-electron chi connectivity index (χ3n) is 4.59. The molecule has 28 heavy (non-hydrogen) atoms. The number of carbonyl (C=O) groups is 1. The molecule has 6 heteroatoms. The van der Waals surface area contributed by atoms with Crippen molar-refractivity contribution in [1.82, 2.24) is 14.8 Å². The Kier molecular flexibility index (Phi) is 4.56. The van der Waals surface area contributed by atoms with Crippen LogP contribution in [0.1, 0.15) is 16.7 Å². The monoisotopic (exact) mass is 367 g/mol. The number of anilines is 1. The van der Waals surface area contributed by atoms with E-state index in [1.807, 2.05) is 42.5 Å². The van der Waals surface area contributed by atoms with Gasteiger partial charge in [-0.05, 0) is 34.9 Å². The Morgan fingerprint density at radius 3 is 2.61 bits per heavy atom. The molecule has 0 aliphatic heterocycles. The van der Waals surface area contributed by atoms with E-state index in [1.165, 1.54) is 0 Å². The third-order valence-corrected chi connectivity index (χ3v) is 4.59. The van der Waals surface area contributed by atoms with Gasteiger partial charge >= 0.3 is 0 Å². The standard InChI is InChI=1S/C22H17N5O/c23-14-17-4-1-3-16(11-17)13-19(28)12-15-6-8-18(9-7-15)20-5-2-10-27-21(20)22(24)25-26-27/h1-11H,12-13,24H2. The molecule has 0 aliphatic rings. The van der Waals surface area contributed by atoms with Crippen molar-refractivity contribution >= 4 is 17.1 Å². The van der Waals surface area contributed by atoms with E-state index in [4.69, 9.17) is 11.0 Å². The van der Waals surface area contributed by atoms with Crippen LogP contribution in [0.2, 0.25) is 0 Å². The van der Waals surface area contributed by atoms with E-state index in [-0.39, 0.29) is 5.78 Å². The Hall–Kier alpha value is -3.98.